The highest BCUT2D eigenvalue weighted by molar-refractivity contribution is 6.15. The minimum atomic E-state index is -1.35. The number of carbonyl (C=O) groups is 3. The van der Waals surface area contributed by atoms with Crippen molar-refractivity contribution in [2.75, 3.05) is 23.3 Å². The minimum absolute atomic E-state index is 0.0571. The summed E-state index contributed by atoms with van der Waals surface area (Å²) < 4.78 is 30.1. The SMILES string of the molecule is CC(C)(C)OC(=O)NC1CCN(c2cccc(F)c2NC=C2C(=O)OC(C)(C)OC2=O)CC1. The Morgan fingerprint density at radius 2 is 1.79 bits per heavy atom. The van der Waals surface area contributed by atoms with E-state index in [1.165, 1.54) is 19.9 Å². The van der Waals surface area contributed by atoms with Gasteiger partial charge in [0.15, 0.2) is 5.57 Å². The van der Waals surface area contributed by atoms with Crippen molar-refractivity contribution in [1.29, 1.82) is 0 Å². The maximum atomic E-state index is 14.7. The second-order valence-corrected chi connectivity index (χ2v) is 9.42. The number of alkyl carbamates (subject to hydrolysis) is 1. The van der Waals surface area contributed by atoms with Gasteiger partial charge in [-0.3, -0.25) is 0 Å². The number of para-hydroxylation sites is 1. The molecule has 10 heteroatoms. The lowest BCUT2D eigenvalue weighted by atomic mass is 10.0. The van der Waals surface area contributed by atoms with Crippen molar-refractivity contribution in [3.05, 3.63) is 35.8 Å². The van der Waals surface area contributed by atoms with Gasteiger partial charge in [-0.25, -0.2) is 18.8 Å². The Morgan fingerprint density at radius 1 is 1.18 bits per heavy atom. The number of ether oxygens (including phenoxy) is 3. The Kier molecular flexibility index (Phi) is 6.85. The second-order valence-electron chi connectivity index (χ2n) is 9.42. The topological polar surface area (TPSA) is 106 Å². The van der Waals surface area contributed by atoms with Gasteiger partial charge in [-0.05, 0) is 45.7 Å². The summed E-state index contributed by atoms with van der Waals surface area (Å²) in [6.07, 6.45) is 1.92. The molecular weight excluding hydrogens is 433 g/mol. The number of carbonyl (C=O) groups excluding carboxylic acids is 3. The Bertz CT molecular complexity index is 939. The van der Waals surface area contributed by atoms with E-state index in [2.05, 4.69) is 10.6 Å². The largest absolute Gasteiger partial charge is 0.444 e. The van der Waals surface area contributed by atoms with Gasteiger partial charge in [0.05, 0.1) is 11.4 Å². The van der Waals surface area contributed by atoms with Gasteiger partial charge in [0, 0.05) is 39.2 Å². The third kappa shape index (κ3) is 6.36. The van der Waals surface area contributed by atoms with E-state index in [9.17, 15) is 18.8 Å². The average molecular weight is 464 g/mol. The molecule has 2 aliphatic rings. The zero-order valence-corrected chi connectivity index (χ0v) is 19.5. The summed E-state index contributed by atoms with van der Waals surface area (Å²) in [6, 6.07) is 4.55. The van der Waals surface area contributed by atoms with E-state index in [1.807, 2.05) is 4.90 Å². The molecule has 180 valence electrons. The third-order valence-electron chi connectivity index (χ3n) is 5.03. The number of esters is 2. The fraction of sp³-hybridized carbons (Fsp3) is 0.522. The quantitative estimate of drug-likeness (QED) is 0.397. The summed E-state index contributed by atoms with van der Waals surface area (Å²) in [5.41, 5.74) is -0.243. The van der Waals surface area contributed by atoms with Crippen LogP contribution < -0.4 is 15.5 Å². The van der Waals surface area contributed by atoms with Gasteiger partial charge in [0.2, 0.25) is 0 Å². The molecule has 3 rings (SSSR count). The molecule has 1 aromatic carbocycles. The molecule has 0 bridgehead atoms. The summed E-state index contributed by atoms with van der Waals surface area (Å²) >= 11 is 0. The molecule has 1 aromatic rings. The molecule has 2 fully saturated rings. The van der Waals surface area contributed by atoms with Gasteiger partial charge in [-0.2, -0.15) is 0 Å². The van der Waals surface area contributed by atoms with E-state index in [-0.39, 0.29) is 17.3 Å². The van der Waals surface area contributed by atoms with Gasteiger partial charge < -0.3 is 29.7 Å². The average Bonchev–Trinajstić information content (AvgIpc) is 2.66. The first kappa shape index (κ1) is 24.3. The van der Waals surface area contributed by atoms with E-state index < -0.39 is 35.2 Å². The molecular formula is C23H30FN3O6. The monoisotopic (exact) mass is 463 g/mol. The smallest absolute Gasteiger partial charge is 0.407 e. The van der Waals surface area contributed by atoms with Gasteiger partial charge >= 0.3 is 18.0 Å². The molecule has 33 heavy (non-hydrogen) atoms. The van der Waals surface area contributed by atoms with Crippen molar-refractivity contribution in [3.8, 4) is 0 Å². The third-order valence-corrected chi connectivity index (χ3v) is 5.03. The minimum Gasteiger partial charge on any atom is -0.444 e. The maximum absolute atomic E-state index is 14.7. The van der Waals surface area contributed by atoms with Crippen molar-refractivity contribution in [2.24, 2.45) is 0 Å². The first-order chi connectivity index (χ1) is 15.3. The van der Waals surface area contributed by atoms with Crippen LogP contribution in [0.5, 0.6) is 0 Å². The van der Waals surface area contributed by atoms with Crippen LogP contribution in [0.3, 0.4) is 0 Å². The predicted molar refractivity (Wildman–Crippen MR) is 119 cm³/mol. The Labute approximate surface area is 192 Å². The van der Waals surface area contributed by atoms with Crippen LogP contribution in [0, 0.1) is 5.82 Å². The molecule has 2 N–H and O–H groups in total. The molecule has 2 saturated heterocycles. The maximum Gasteiger partial charge on any atom is 0.407 e. The van der Waals surface area contributed by atoms with Gasteiger partial charge in [-0.15, -0.1) is 0 Å². The van der Waals surface area contributed by atoms with Crippen LogP contribution in [0.15, 0.2) is 30.0 Å². The Hall–Kier alpha value is -3.30. The summed E-state index contributed by atoms with van der Waals surface area (Å²) in [5, 5.41) is 5.60. The van der Waals surface area contributed by atoms with Crippen LogP contribution in [-0.4, -0.2) is 48.6 Å². The molecule has 0 saturated carbocycles. The number of hydrogen-bond acceptors (Lipinski definition) is 8. The van der Waals surface area contributed by atoms with Gasteiger partial charge in [0.25, 0.3) is 5.79 Å². The van der Waals surface area contributed by atoms with Crippen LogP contribution in [-0.2, 0) is 23.8 Å². The van der Waals surface area contributed by atoms with E-state index >= 15 is 0 Å². The van der Waals surface area contributed by atoms with Crippen LogP contribution in [0.1, 0.15) is 47.5 Å². The normalized spacial score (nSPS) is 18.8. The number of anilines is 2. The summed E-state index contributed by atoms with van der Waals surface area (Å²) in [7, 11) is 0. The number of hydrogen-bond donors (Lipinski definition) is 2. The van der Waals surface area contributed by atoms with Gasteiger partial charge in [0.1, 0.15) is 11.4 Å². The number of nitrogens with zero attached hydrogens (tertiary/aromatic N) is 1. The van der Waals surface area contributed by atoms with E-state index in [4.69, 9.17) is 14.2 Å². The number of amides is 1. The van der Waals surface area contributed by atoms with E-state index in [0.29, 0.717) is 31.6 Å². The molecule has 2 aliphatic heterocycles. The summed E-state index contributed by atoms with van der Waals surface area (Å²) in [4.78, 5) is 38.3. The lowest BCUT2D eigenvalue weighted by Gasteiger charge is -2.35. The van der Waals surface area contributed by atoms with Crippen LogP contribution in [0.4, 0.5) is 20.6 Å². The van der Waals surface area contributed by atoms with Crippen LogP contribution >= 0.6 is 0 Å². The Morgan fingerprint density at radius 3 is 2.36 bits per heavy atom. The first-order valence-corrected chi connectivity index (χ1v) is 10.8. The number of cyclic esters (lactones) is 2. The number of piperidine rings is 1. The molecule has 9 nitrogen and oxygen atoms in total. The summed E-state index contributed by atoms with van der Waals surface area (Å²) in [6.45, 7) is 9.43. The molecule has 0 aliphatic carbocycles. The zero-order valence-electron chi connectivity index (χ0n) is 19.5. The number of nitrogens with one attached hydrogen (secondary N) is 2. The van der Waals surface area contributed by atoms with Crippen molar-refractivity contribution < 1.29 is 33.0 Å². The van der Waals surface area contributed by atoms with Crippen molar-refractivity contribution >= 4 is 29.4 Å². The predicted octanol–water partition coefficient (Wildman–Crippen LogP) is 3.45. The standard InChI is InChI=1S/C23H30FN3O6/c1-22(2,3)33-21(30)26-14-9-11-27(12-10-14)17-8-6-7-16(24)18(17)25-13-15-19(28)31-23(4,5)32-20(15)29/h6-8,13-14,25H,9-12H2,1-5H3,(H,26,30). The highest BCUT2D eigenvalue weighted by Crippen LogP contribution is 2.32. The fourth-order valence-electron chi connectivity index (χ4n) is 3.58. The highest BCUT2D eigenvalue weighted by atomic mass is 19.1. The second kappa shape index (κ2) is 9.29. The molecule has 0 spiro atoms. The Balaban J connectivity index is 1.68. The first-order valence-electron chi connectivity index (χ1n) is 10.8. The lowest BCUT2D eigenvalue weighted by molar-refractivity contribution is -0.222. The molecule has 0 atom stereocenters. The van der Waals surface area contributed by atoms with Crippen molar-refractivity contribution in [2.45, 2.75) is 64.9 Å². The highest BCUT2D eigenvalue weighted by Gasteiger charge is 2.39. The fourth-order valence-corrected chi connectivity index (χ4v) is 3.58. The van der Waals surface area contributed by atoms with E-state index in [0.717, 1.165) is 6.20 Å². The van der Waals surface area contributed by atoms with E-state index in [1.54, 1.807) is 32.9 Å². The number of benzene rings is 1. The number of halogens is 1. The van der Waals surface area contributed by atoms with Crippen molar-refractivity contribution in [1.82, 2.24) is 5.32 Å². The molecule has 0 unspecified atom stereocenters. The van der Waals surface area contributed by atoms with Crippen LogP contribution in [0.2, 0.25) is 0 Å². The lowest BCUT2D eigenvalue weighted by Crippen LogP contribution is -2.46. The molecule has 2 heterocycles. The molecule has 0 aromatic heterocycles. The molecule has 0 radical (unpaired) electrons. The molecule has 1 amide bonds. The van der Waals surface area contributed by atoms with Crippen molar-refractivity contribution in [3.63, 3.8) is 0 Å². The zero-order chi connectivity index (χ0) is 24.4. The summed E-state index contributed by atoms with van der Waals surface area (Å²) in [5.74, 6) is -3.60. The van der Waals surface area contributed by atoms with Crippen LogP contribution in [0.25, 0.3) is 0 Å². The number of rotatable bonds is 4. The van der Waals surface area contributed by atoms with Gasteiger partial charge in [-0.1, -0.05) is 6.07 Å².